The Morgan fingerprint density at radius 2 is 2.17 bits per heavy atom. The van der Waals surface area contributed by atoms with Crippen LogP contribution in [0.1, 0.15) is 12.5 Å². The van der Waals surface area contributed by atoms with Crippen molar-refractivity contribution in [3.05, 3.63) is 36.1 Å². The van der Waals surface area contributed by atoms with E-state index in [4.69, 9.17) is 9.52 Å². The summed E-state index contributed by atoms with van der Waals surface area (Å²) in [5.41, 5.74) is 1.71. The van der Waals surface area contributed by atoms with Crippen molar-refractivity contribution in [2.24, 2.45) is 0 Å². The zero-order valence-corrected chi connectivity index (χ0v) is 9.84. The van der Waals surface area contributed by atoms with E-state index in [2.05, 4.69) is 5.32 Å². The van der Waals surface area contributed by atoms with Gasteiger partial charge in [-0.25, -0.2) is 4.79 Å². The first-order valence-electron chi connectivity index (χ1n) is 5.53. The summed E-state index contributed by atoms with van der Waals surface area (Å²) < 4.78 is 5.28. The van der Waals surface area contributed by atoms with Gasteiger partial charge in [0.25, 0.3) is 0 Å². The summed E-state index contributed by atoms with van der Waals surface area (Å²) in [5, 5.41) is 11.5. The van der Waals surface area contributed by atoms with Crippen LogP contribution in [-0.2, 0) is 16.0 Å². The summed E-state index contributed by atoms with van der Waals surface area (Å²) in [7, 11) is 0. The van der Waals surface area contributed by atoms with E-state index in [-0.39, 0.29) is 12.3 Å². The lowest BCUT2D eigenvalue weighted by atomic mass is 10.0. The van der Waals surface area contributed by atoms with Gasteiger partial charge in [0, 0.05) is 18.9 Å². The molecule has 1 amide bonds. The lowest BCUT2D eigenvalue weighted by Crippen LogP contribution is -2.41. The average molecular weight is 247 g/mol. The van der Waals surface area contributed by atoms with Gasteiger partial charge >= 0.3 is 5.97 Å². The quantitative estimate of drug-likeness (QED) is 0.858. The van der Waals surface area contributed by atoms with Gasteiger partial charge < -0.3 is 14.8 Å². The minimum Gasteiger partial charge on any atom is -0.480 e. The summed E-state index contributed by atoms with van der Waals surface area (Å²) in [4.78, 5) is 22.0. The Kier molecular flexibility index (Phi) is 3.32. The Bertz CT molecular complexity index is 546. The first-order valence-corrected chi connectivity index (χ1v) is 5.53. The van der Waals surface area contributed by atoms with Crippen LogP contribution in [0.5, 0.6) is 0 Å². The topological polar surface area (TPSA) is 79.5 Å². The molecule has 0 aromatic carbocycles. The molecule has 2 aliphatic rings. The second-order valence-corrected chi connectivity index (χ2v) is 4.05. The molecular weight excluding hydrogens is 234 g/mol. The molecule has 1 atom stereocenters. The van der Waals surface area contributed by atoms with Crippen molar-refractivity contribution in [2.75, 3.05) is 0 Å². The Morgan fingerprint density at radius 1 is 1.39 bits per heavy atom. The number of hydrogen-bond donors (Lipinski definition) is 2. The van der Waals surface area contributed by atoms with Crippen molar-refractivity contribution in [1.82, 2.24) is 5.32 Å². The molecule has 0 aromatic rings. The lowest BCUT2D eigenvalue weighted by Gasteiger charge is -2.13. The van der Waals surface area contributed by atoms with Gasteiger partial charge in [0.2, 0.25) is 5.91 Å². The van der Waals surface area contributed by atoms with Crippen molar-refractivity contribution < 1.29 is 19.1 Å². The number of carboxylic acid groups (broad SMARTS) is 1. The molecule has 0 fully saturated rings. The molecule has 5 nitrogen and oxygen atoms in total. The van der Waals surface area contributed by atoms with Gasteiger partial charge in [-0.15, -0.1) is 0 Å². The highest BCUT2D eigenvalue weighted by Crippen LogP contribution is 2.28. The molecule has 1 unspecified atom stereocenters. The minimum atomic E-state index is -1.05. The van der Waals surface area contributed by atoms with Gasteiger partial charge in [-0.05, 0) is 23.8 Å². The Morgan fingerprint density at radius 3 is 2.83 bits per heavy atom. The molecule has 0 bridgehead atoms. The lowest BCUT2D eigenvalue weighted by molar-refractivity contribution is -0.141. The maximum Gasteiger partial charge on any atom is 0.326 e. The number of hydrogen-bond acceptors (Lipinski definition) is 3. The second-order valence-electron chi connectivity index (χ2n) is 4.05. The smallest absolute Gasteiger partial charge is 0.326 e. The first kappa shape index (κ1) is 12.2. The molecule has 2 rings (SSSR count). The minimum absolute atomic E-state index is 0.234. The number of carbonyl (C=O) groups excluding carboxylic acids is 1. The summed E-state index contributed by atoms with van der Waals surface area (Å²) >= 11 is 0. The highest BCUT2D eigenvalue weighted by atomic mass is 16.4. The largest absolute Gasteiger partial charge is 0.480 e. The molecule has 18 heavy (non-hydrogen) atoms. The molecule has 2 N–H and O–H groups in total. The normalized spacial score (nSPS) is 12.3. The summed E-state index contributed by atoms with van der Waals surface area (Å²) in [5.74, 6) is -0.699. The number of fused-ring (bicyclic) bond motifs is 1. The van der Waals surface area contributed by atoms with E-state index in [1.807, 2.05) is 12.1 Å². The Balaban J connectivity index is 2.21. The molecule has 1 heterocycles. The monoisotopic (exact) mass is 247 g/mol. The summed E-state index contributed by atoms with van der Waals surface area (Å²) in [6, 6.07) is 6.29. The molecular formula is C13H13NO4. The van der Waals surface area contributed by atoms with Crippen molar-refractivity contribution in [1.29, 1.82) is 0 Å². The van der Waals surface area contributed by atoms with E-state index >= 15 is 0 Å². The number of rotatable bonds is 4. The maximum atomic E-state index is 11.1. The fourth-order valence-electron chi connectivity index (χ4n) is 1.90. The highest BCUT2D eigenvalue weighted by Gasteiger charge is 2.22. The van der Waals surface area contributed by atoms with Gasteiger partial charge in [0.1, 0.15) is 11.8 Å². The molecule has 94 valence electrons. The van der Waals surface area contributed by atoms with Crippen LogP contribution in [0.15, 0.2) is 34.9 Å². The van der Waals surface area contributed by atoms with Crippen molar-refractivity contribution >= 4 is 11.9 Å². The second kappa shape index (κ2) is 4.91. The van der Waals surface area contributed by atoms with Gasteiger partial charge in [0.15, 0.2) is 0 Å². The average Bonchev–Trinajstić information content (AvgIpc) is 2.71. The SMILES string of the molecule is CC(=O)NC(Cc1ccc2occcc1-2)C(=O)O. The van der Waals surface area contributed by atoms with Crippen LogP contribution in [0.2, 0.25) is 0 Å². The third kappa shape index (κ3) is 2.51. The van der Waals surface area contributed by atoms with E-state index in [9.17, 15) is 9.59 Å². The molecule has 0 radical (unpaired) electrons. The maximum absolute atomic E-state index is 11.1. The Labute approximate surface area is 104 Å². The molecule has 0 aromatic heterocycles. The number of amides is 1. The van der Waals surface area contributed by atoms with Crippen LogP contribution in [-0.4, -0.2) is 23.0 Å². The van der Waals surface area contributed by atoms with Crippen LogP contribution in [0.3, 0.4) is 0 Å². The summed E-state index contributed by atoms with van der Waals surface area (Å²) in [6.07, 6.45) is 1.80. The van der Waals surface area contributed by atoms with Crippen LogP contribution in [0, 0.1) is 0 Å². The zero-order chi connectivity index (χ0) is 13.1. The van der Waals surface area contributed by atoms with E-state index in [1.165, 1.54) is 6.92 Å². The highest BCUT2D eigenvalue weighted by molar-refractivity contribution is 5.82. The van der Waals surface area contributed by atoms with Crippen LogP contribution in [0.25, 0.3) is 11.3 Å². The zero-order valence-electron chi connectivity index (χ0n) is 9.84. The fourth-order valence-corrected chi connectivity index (χ4v) is 1.90. The standard InChI is InChI=1S/C13H13NO4/c1-8(15)14-11(13(16)17)7-9-4-5-12-10(9)3-2-6-18-12/h2-6,11H,7H2,1H3,(H,14,15)(H,16,17). The van der Waals surface area contributed by atoms with Crippen molar-refractivity contribution in [2.45, 2.75) is 19.4 Å². The first-order chi connectivity index (χ1) is 8.58. The number of nitrogens with one attached hydrogen (secondary N) is 1. The predicted octanol–water partition coefficient (Wildman–Crippen LogP) is 1.52. The molecule has 1 aliphatic carbocycles. The predicted molar refractivity (Wildman–Crippen MR) is 64.3 cm³/mol. The third-order valence-electron chi connectivity index (χ3n) is 2.68. The summed E-state index contributed by atoms with van der Waals surface area (Å²) in [6.45, 7) is 1.30. The molecule has 1 aliphatic heterocycles. The fraction of sp³-hybridized carbons (Fsp3) is 0.231. The van der Waals surface area contributed by atoms with E-state index < -0.39 is 12.0 Å². The van der Waals surface area contributed by atoms with Crippen LogP contribution < -0.4 is 5.32 Å². The van der Waals surface area contributed by atoms with E-state index in [0.29, 0.717) is 5.76 Å². The van der Waals surface area contributed by atoms with Gasteiger partial charge in [-0.2, -0.15) is 0 Å². The van der Waals surface area contributed by atoms with Gasteiger partial charge in [-0.3, -0.25) is 4.79 Å². The van der Waals surface area contributed by atoms with Crippen LogP contribution >= 0.6 is 0 Å². The van der Waals surface area contributed by atoms with Gasteiger partial charge in [0.05, 0.1) is 6.26 Å². The van der Waals surface area contributed by atoms with Crippen LogP contribution in [0.4, 0.5) is 0 Å². The van der Waals surface area contributed by atoms with Crippen molar-refractivity contribution in [3.8, 4) is 11.3 Å². The van der Waals surface area contributed by atoms with Crippen molar-refractivity contribution in [3.63, 3.8) is 0 Å². The van der Waals surface area contributed by atoms with E-state index in [0.717, 1.165) is 11.1 Å². The molecule has 0 spiro atoms. The third-order valence-corrected chi connectivity index (χ3v) is 2.68. The molecule has 0 saturated carbocycles. The van der Waals surface area contributed by atoms with E-state index in [1.54, 1.807) is 18.4 Å². The number of carbonyl (C=O) groups is 2. The molecule has 5 heteroatoms. The molecule has 0 saturated heterocycles. The number of aliphatic carboxylic acids is 1. The Hall–Kier alpha value is -2.30. The number of carboxylic acids is 1. The van der Waals surface area contributed by atoms with Gasteiger partial charge in [-0.1, -0.05) is 6.07 Å².